The van der Waals surface area contributed by atoms with Crippen molar-refractivity contribution >= 4 is 28.0 Å². The van der Waals surface area contributed by atoms with Crippen LogP contribution in [-0.2, 0) is 16.1 Å². The number of carboxylic acids is 1. The molecule has 19 heteroatoms. The van der Waals surface area contributed by atoms with Gasteiger partial charge in [-0.25, -0.2) is 4.79 Å². The minimum absolute atomic E-state index is 0.00674. The van der Waals surface area contributed by atoms with Crippen LogP contribution in [0.25, 0.3) is 0 Å². The summed E-state index contributed by atoms with van der Waals surface area (Å²) in [5.41, 5.74) is -0.588. The second-order valence-electron chi connectivity index (χ2n) is 11.4. The van der Waals surface area contributed by atoms with Crippen LogP contribution >= 0.6 is 10.2 Å². The molecular formula is C25H30F11N3O4S. The van der Waals surface area contributed by atoms with Gasteiger partial charge in [-0.15, -0.1) is 0 Å². The third kappa shape index (κ3) is 7.56. The number of benzene rings is 1. The van der Waals surface area contributed by atoms with Gasteiger partial charge in [0.15, 0.2) is 0 Å². The molecule has 0 unspecified atom stereocenters. The number of carbonyl (C=O) groups excluding carboxylic acids is 1. The first-order valence-electron chi connectivity index (χ1n) is 13.6. The van der Waals surface area contributed by atoms with Crippen molar-refractivity contribution in [3.05, 3.63) is 23.8 Å². The normalized spacial score (nSPS) is 22.3. The third-order valence-electron chi connectivity index (χ3n) is 8.55. The highest BCUT2D eigenvalue weighted by Gasteiger charge is 2.65. The third-order valence-corrected chi connectivity index (χ3v) is 9.70. The number of rotatable bonds is 6. The summed E-state index contributed by atoms with van der Waals surface area (Å²) in [5.74, 6) is -1.82. The predicted molar refractivity (Wildman–Crippen MR) is 136 cm³/mol. The van der Waals surface area contributed by atoms with Crippen molar-refractivity contribution < 1.29 is 65.2 Å². The first-order valence-corrected chi connectivity index (χ1v) is 15.5. The zero-order chi connectivity index (χ0) is 33.0. The molecule has 3 aliphatic rings. The van der Waals surface area contributed by atoms with Gasteiger partial charge in [-0.05, 0) is 62.8 Å². The Morgan fingerprint density at radius 1 is 0.909 bits per heavy atom. The fourth-order valence-electron chi connectivity index (χ4n) is 6.19. The van der Waals surface area contributed by atoms with Gasteiger partial charge in [-0.3, -0.25) is 9.69 Å². The van der Waals surface area contributed by atoms with Crippen molar-refractivity contribution in [1.82, 2.24) is 9.80 Å². The molecule has 4 rings (SSSR count). The fraction of sp³-hybridized carbons (Fsp3) is 0.680. The minimum Gasteiger partial charge on any atom is -0.481 e. The molecule has 1 aromatic rings. The topological polar surface area (TPSA) is 73.3 Å². The van der Waals surface area contributed by atoms with Crippen molar-refractivity contribution in [1.29, 1.82) is 0 Å². The zero-order valence-corrected chi connectivity index (χ0v) is 23.8. The second-order valence-corrected chi connectivity index (χ2v) is 13.9. The molecule has 3 fully saturated rings. The number of nitrogens with zero attached hydrogens (tertiary/aromatic N) is 3. The van der Waals surface area contributed by atoms with Crippen LogP contribution in [0.2, 0.25) is 0 Å². The van der Waals surface area contributed by atoms with E-state index in [1.165, 1.54) is 4.90 Å². The predicted octanol–water partition coefficient (Wildman–Crippen LogP) is 7.71. The summed E-state index contributed by atoms with van der Waals surface area (Å²) >= 11 is 0. The molecule has 1 amide bonds. The van der Waals surface area contributed by atoms with E-state index >= 15 is 0 Å². The first kappa shape index (κ1) is 34.2. The number of amides is 1. The van der Waals surface area contributed by atoms with Gasteiger partial charge in [-0.2, -0.15) is 26.3 Å². The number of anilines is 1. The highest BCUT2D eigenvalue weighted by Crippen LogP contribution is 3.02. The van der Waals surface area contributed by atoms with Gasteiger partial charge in [0.1, 0.15) is 4.90 Å². The Hall–Kier alpha value is -2.70. The van der Waals surface area contributed by atoms with E-state index in [9.17, 15) is 60.5 Å². The van der Waals surface area contributed by atoms with Crippen LogP contribution in [0.3, 0.4) is 0 Å². The fourth-order valence-corrected chi connectivity index (χ4v) is 6.85. The maximum Gasteiger partial charge on any atom is 0.434 e. The molecule has 0 aliphatic carbocycles. The number of aliphatic carboxylic acids is 1. The molecule has 3 saturated heterocycles. The summed E-state index contributed by atoms with van der Waals surface area (Å²) < 4.78 is 149. The molecule has 1 N–H and O–H groups in total. The summed E-state index contributed by atoms with van der Waals surface area (Å²) in [6.07, 6.45) is -16.4. The number of hydrogen-bond acceptors (Lipinski definition) is 5. The van der Waals surface area contributed by atoms with Gasteiger partial charge < -0.3 is 19.6 Å². The van der Waals surface area contributed by atoms with E-state index in [2.05, 4.69) is 4.74 Å². The lowest BCUT2D eigenvalue weighted by molar-refractivity contribution is -0.308. The number of likely N-dealkylation sites (tertiary alicyclic amines) is 2. The summed E-state index contributed by atoms with van der Waals surface area (Å²) in [6, 6.07) is 1.61. The van der Waals surface area contributed by atoms with E-state index in [0.29, 0.717) is 31.5 Å². The van der Waals surface area contributed by atoms with Crippen molar-refractivity contribution in [3.63, 3.8) is 0 Å². The summed E-state index contributed by atoms with van der Waals surface area (Å²) in [5, 5.41) is 9.27. The van der Waals surface area contributed by atoms with Gasteiger partial charge in [0.05, 0.1) is 5.92 Å². The Bertz CT molecular complexity index is 1240. The molecule has 3 aliphatic heterocycles. The van der Waals surface area contributed by atoms with Crippen molar-refractivity contribution in [3.8, 4) is 0 Å². The Morgan fingerprint density at radius 2 is 1.48 bits per heavy atom. The van der Waals surface area contributed by atoms with E-state index in [-0.39, 0.29) is 69.7 Å². The molecule has 0 bridgehead atoms. The quantitative estimate of drug-likeness (QED) is 0.311. The number of hydrogen-bond donors (Lipinski definition) is 1. The van der Waals surface area contributed by atoms with Gasteiger partial charge in [0, 0.05) is 44.0 Å². The molecule has 7 nitrogen and oxygen atoms in total. The molecule has 3 heterocycles. The smallest absolute Gasteiger partial charge is 0.434 e. The van der Waals surface area contributed by atoms with Crippen molar-refractivity contribution in [2.75, 3.05) is 37.6 Å². The first-order chi connectivity index (χ1) is 19.9. The average molecular weight is 678 g/mol. The molecule has 0 aromatic heterocycles. The lowest BCUT2D eigenvalue weighted by Gasteiger charge is -2.46. The SMILES string of the molecule is O=C(O)C1CCN(c2cc(S(F)(F)(F)(F)F)ccc2CN2CCCC23CCN(C(=O)OC(C(F)(F)F)C(F)(F)F)CC3)CC1. The molecule has 252 valence electrons. The summed E-state index contributed by atoms with van der Waals surface area (Å²) in [4.78, 5) is 25.5. The number of halogens is 11. The summed E-state index contributed by atoms with van der Waals surface area (Å²) in [7, 11) is -10.1. The molecule has 0 atom stereocenters. The van der Waals surface area contributed by atoms with Crippen LogP contribution in [0.15, 0.2) is 23.1 Å². The van der Waals surface area contributed by atoms with E-state index in [1.54, 1.807) is 0 Å². The van der Waals surface area contributed by atoms with Crippen LogP contribution in [0.4, 0.5) is 56.3 Å². The highest BCUT2D eigenvalue weighted by atomic mass is 32.5. The maximum atomic E-state index is 13.7. The van der Waals surface area contributed by atoms with Crippen LogP contribution in [0.1, 0.15) is 44.1 Å². The molecule has 1 spiro atoms. The van der Waals surface area contributed by atoms with Crippen LogP contribution in [0, 0.1) is 5.92 Å². The van der Waals surface area contributed by atoms with Crippen LogP contribution in [0.5, 0.6) is 0 Å². The monoisotopic (exact) mass is 677 g/mol. The van der Waals surface area contributed by atoms with Gasteiger partial charge in [0.25, 0.3) is 6.10 Å². The Kier molecular flexibility index (Phi) is 8.31. The number of ether oxygens (including phenoxy) is 1. The van der Waals surface area contributed by atoms with E-state index in [0.717, 1.165) is 11.0 Å². The lowest BCUT2D eigenvalue weighted by atomic mass is 9.84. The van der Waals surface area contributed by atoms with Crippen LogP contribution < -0.4 is 4.90 Å². The van der Waals surface area contributed by atoms with E-state index in [1.807, 2.05) is 4.90 Å². The molecular weight excluding hydrogens is 647 g/mol. The average Bonchev–Trinajstić information content (AvgIpc) is 3.26. The van der Waals surface area contributed by atoms with Crippen LogP contribution in [-0.4, -0.2) is 83.7 Å². The van der Waals surface area contributed by atoms with Crippen molar-refractivity contribution in [2.24, 2.45) is 5.92 Å². The van der Waals surface area contributed by atoms with E-state index < -0.39 is 57.1 Å². The number of carboxylic acid groups (broad SMARTS) is 1. The number of carbonyl (C=O) groups is 2. The largest absolute Gasteiger partial charge is 0.481 e. The maximum absolute atomic E-state index is 13.7. The minimum atomic E-state index is -10.1. The lowest BCUT2D eigenvalue weighted by Crippen LogP contribution is -2.54. The number of piperidine rings is 2. The van der Waals surface area contributed by atoms with Crippen molar-refractivity contribution in [2.45, 2.75) is 74.0 Å². The van der Waals surface area contributed by atoms with Gasteiger partial charge in [0.2, 0.25) is 0 Å². The Morgan fingerprint density at radius 3 is 1.98 bits per heavy atom. The van der Waals surface area contributed by atoms with Gasteiger partial charge >= 0.3 is 34.6 Å². The highest BCUT2D eigenvalue weighted by molar-refractivity contribution is 8.45. The number of alkyl halides is 6. The zero-order valence-electron chi connectivity index (χ0n) is 23.0. The van der Waals surface area contributed by atoms with E-state index in [4.69, 9.17) is 0 Å². The molecule has 0 radical (unpaired) electrons. The second kappa shape index (κ2) is 10.7. The molecule has 1 aromatic carbocycles. The Labute approximate surface area is 244 Å². The standard InChI is InChI=1S/C25H30F11N3O4S/c26-24(27,28)21(25(29,30)31)43-22(42)38-12-7-23(8-13-38)6-1-9-39(23)15-17-2-3-18(44(32,33,34,35)36)14-19(17)37-10-4-16(5-11-37)20(40)41/h2-3,14,16,21H,1,4-13,15H2,(H,40,41). The Balaban J connectivity index is 1.53. The van der Waals surface area contributed by atoms with Gasteiger partial charge in [-0.1, -0.05) is 25.5 Å². The molecule has 0 saturated carbocycles. The molecule has 44 heavy (non-hydrogen) atoms. The summed E-state index contributed by atoms with van der Waals surface area (Å²) in [6.45, 7) is -0.117.